The molecule has 1 aromatic carbocycles. The van der Waals surface area contributed by atoms with E-state index in [1.54, 1.807) is 17.9 Å². The van der Waals surface area contributed by atoms with Gasteiger partial charge < -0.3 is 4.90 Å². The molecule has 134 valence electrons. The zero-order chi connectivity index (χ0) is 18.1. The van der Waals surface area contributed by atoms with Gasteiger partial charge in [-0.25, -0.2) is 8.42 Å². The van der Waals surface area contributed by atoms with Crippen molar-refractivity contribution in [2.45, 2.75) is 32.7 Å². The summed E-state index contributed by atoms with van der Waals surface area (Å²) >= 11 is 12.1. The third-order valence-electron chi connectivity index (χ3n) is 4.31. The highest BCUT2D eigenvalue weighted by atomic mass is 35.5. The Morgan fingerprint density at radius 3 is 2.42 bits per heavy atom. The molecule has 24 heavy (non-hydrogen) atoms. The van der Waals surface area contributed by atoms with Gasteiger partial charge in [-0.2, -0.15) is 0 Å². The molecule has 0 bridgehead atoms. The van der Waals surface area contributed by atoms with Crippen LogP contribution in [0.4, 0.5) is 5.69 Å². The normalized spacial score (nSPS) is 17.6. The second kappa shape index (κ2) is 7.50. The molecule has 1 atom stereocenters. The number of likely N-dealkylation sites (tertiary alicyclic amines) is 1. The Kier molecular flexibility index (Phi) is 6.04. The van der Waals surface area contributed by atoms with Crippen molar-refractivity contribution in [3.63, 3.8) is 0 Å². The summed E-state index contributed by atoms with van der Waals surface area (Å²) in [5, 5.41) is 0.589. The number of carbonyl (C=O) groups excluding carboxylic acids is 1. The lowest BCUT2D eigenvalue weighted by Crippen LogP contribution is -2.51. The van der Waals surface area contributed by atoms with Gasteiger partial charge >= 0.3 is 0 Å². The molecule has 0 N–H and O–H groups in total. The first kappa shape index (κ1) is 19.3. The van der Waals surface area contributed by atoms with Gasteiger partial charge in [-0.15, -0.1) is 0 Å². The first-order valence-electron chi connectivity index (χ1n) is 7.84. The monoisotopic (exact) mass is 392 g/mol. The van der Waals surface area contributed by atoms with Crippen molar-refractivity contribution < 1.29 is 13.2 Å². The Hall–Kier alpha value is -0.980. The molecule has 1 aromatic rings. The molecule has 1 fully saturated rings. The molecule has 1 saturated heterocycles. The molecule has 5 nitrogen and oxygen atoms in total. The summed E-state index contributed by atoms with van der Waals surface area (Å²) in [4.78, 5) is 14.5. The van der Waals surface area contributed by atoms with Crippen molar-refractivity contribution in [1.82, 2.24) is 4.90 Å². The van der Waals surface area contributed by atoms with Crippen molar-refractivity contribution in [2.75, 3.05) is 23.7 Å². The molecule has 0 aliphatic carbocycles. The van der Waals surface area contributed by atoms with E-state index in [0.717, 1.165) is 23.4 Å². The fraction of sp³-hybridized carbons (Fsp3) is 0.562. The van der Waals surface area contributed by atoms with Crippen molar-refractivity contribution >= 4 is 44.8 Å². The van der Waals surface area contributed by atoms with E-state index in [4.69, 9.17) is 23.2 Å². The average Bonchev–Trinajstić information content (AvgIpc) is 2.49. The molecule has 0 saturated carbocycles. The fourth-order valence-electron chi connectivity index (χ4n) is 2.92. The molecule has 0 unspecified atom stereocenters. The lowest BCUT2D eigenvalue weighted by atomic mass is 9.99. The van der Waals surface area contributed by atoms with Crippen LogP contribution in [0, 0.1) is 5.92 Å². The summed E-state index contributed by atoms with van der Waals surface area (Å²) in [5.74, 6) is 0.362. The second-order valence-corrected chi connectivity index (χ2v) is 9.04. The van der Waals surface area contributed by atoms with E-state index in [2.05, 4.69) is 6.92 Å². The van der Waals surface area contributed by atoms with E-state index in [-0.39, 0.29) is 16.6 Å². The van der Waals surface area contributed by atoms with Gasteiger partial charge in [0.25, 0.3) is 0 Å². The summed E-state index contributed by atoms with van der Waals surface area (Å²) in [6.45, 7) is 5.02. The summed E-state index contributed by atoms with van der Waals surface area (Å²) in [6.07, 6.45) is 2.91. The zero-order valence-electron chi connectivity index (χ0n) is 14.0. The molecule has 1 aliphatic rings. The molecule has 0 radical (unpaired) electrons. The predicted octanol–water partition coefficient (Wildman–Crippen LogP) is 3.41. The van der Waals surface area contributed by atoms with Crippen LogP contribution in [0.2, 0.25) is 10.0 Å². The van der Waals surface area contributed by atoms with Gasteiger partial charge in [-0.1, -0.05) is 30.1 Å². The third-order valence-corrected chi connectivity index (χ3v) is 6.09. The minimum absolute atomic E-state index is 0.219. The van der Waals surface area contributed by atoms with Crippen molar-refractivity contribution in [2.24, 2.45) is 5.92 Å². The largest absolute Gasteiger partial charge is 0.341 e. The van der Waals surface area contributed by atoms with Gasteiger partial charge in [0, 0.05) is 18.1 Å². The number of halogens is 2. The number of anilines is 1. The summed E-state index contributed by atoms with van der Waals surface area (Å²) < 4.78 is 25.7. The number of nitrogens with zero attached hydrogens (tertiary/aromatic N) is 2. The van der Waals surface area contributed by atoms with E-state index in [0.29, 0.717) is 24.0 Å². The van der Waals surface area contributed by atoms with Crippen LogP contribution in [0.3, 0.4) is 0 Å². The Morgan fingerprint density at radius 1 is 1.29 bits per heavy atom. The van der Waals surface area contributed by atoms with E-state index >= 15 is 0 Å². The first-order valence-corrected chi connectivity index (χ1v) is 10.4. The topological polar surface area (TPSA) is 57.7 Å². The highest BCUT2D eigenvalue weighted by Gasteiger charge is 2.34. The third kappa shape index (κ3) is 4.35. The molecule has 8 heteroatoms. The van der Waals surface area contributed by atoms with Crippen LogP contribution in [0.15, 0.2) is 18.2 Å². The molecular weight excluding hydrogens is 371 g/mol. The minimum atomic E-state index is -3.71. The van der Waals surface area contributed by atoms with Crippen LogP contribution in [0.5, 0.6) is 0 Å². The van der Waals surface area contributed by atoms with Gasteiger partial charge in [-0.05, 0) is 43.9 Å². The van der Waals surface area contributed by atoms with Gasteiger partial charge in [0.15, 0.2) is 0 Å². The predicted molar refractivity (Wildman–Crippen MR) is 98.2 cm³/mol. The summed E-state index contributed by atoms with van der Waals surface area (Å²) in [7, 11) is -3.71. The van der Waals surface area contributed by atoms with Crippen LogP contribution < -0.4 is 4.31 Å². The molecule has 2 rings (SSSR count). The molecule has 0 spiro atoms. The molecule has 1 heterocycles. The Labute approximate surface area is 153 Å². The maximum atomic E-state index is 12.8. The number of hydrogen-bond donors (Lipinski definition) is 0. The van der Waals surface area contributed by atoms with Gasteiger partial charge in [-0.3, -0.25) is 9.10 Å². The number of piperidine rings is 1. The van der Waals surface area contributed by atoms with Crippen LogP contribution in [0.25, 0.3) is 0 Å². The van der Waals surface area contributed by atoms with Gasteiger partial charge in [0.2, 0.25) is 15.9 Å². The molecule has 0 aromatic heterocycles. The van der Waals surface area contributed by atoms with E-state index in [1.807, 2.05) is 0 Å². The highest BCUT2D eigenvalue weighted by Crippen LogP contribution is 2.32. The number of carbonyl (C=O) groups is 1. The maximum absolute atomic E-state index is 12.8. The average molecular weight is 393 g/mol. The Morgan fingerprint density at radius 2 is 1.88 bits per heavy atom. The van der Waals surface area contributed by atoms with Gasteiger partial charge in [0.1, 0.15) is 6.04 Å². The zero-order valence-corrected chi connectivity index (χ0v) is 16.3. The Balaban J connectivity index is 2.34. The summed E-state index contributed by atoms with van der Waals surface area (Å²) in [5.41, 5.74) is 0.220. The minimum Gasteiger partial charge on any atom is -0.341 e. The Bertz CT molecular complexity index is 716. The van der Waals surface area contributed by atoms with Crippen LogP contribution >= 0.6 is 23.2 Å². The lowest BCUT2D eigenvalue weighted by molar-refractivity contribution is -0.133. The fourth-order valence-corrected chi connectivity index (χ4v) is 4.52. The molecule has 1 amide bonds. The second-order valence-electron chi connectivity index (χ2n) is 6.34. The number of hydrogen-bond acceptors (Lipinski definition) is 3. The van der Waals surface area contributed by atoms with Crippen LogP contribution in [-0.4, -0.2) is 44.6 Å². The van der Waals surface area contributed by atoms with Crippen LogP contribution in [0.1, 0.15) is 26.7 Å². The lowest BCUT2D eigenvalue weighted by Gasteiger charge is -2.36. The van der Waals surface area contributed by atoms with Gasteiger partial charge in [0.05, 0.1) is 17.0 Å². The molecule has 1 aliphatic heterocycles. The van der Waals surface area contributed by atoms with E-state index < -0.39 is 16.1 Å². The quantitative estimate of drug-likeness (QED) is 0.788. The maximum Gasteiger partial charge on any atom is 0.246 e. The van der Waals surface area contributed by atoms with Crippen molar-refractivity contribution in [3.05, 3.63) is 28.2 Å². The van der Waals surface area contributed by atoms with Crippen molar-refractivity contribution in [1.29, 1.82) is 0 Å². The number of sulfonamides is 1. The number of amides is 1. The highest BCUT2D eigenvalue weighted by molar-refractivity contribution is 7.92. The summed E-state index contributed by atoms with van der Waals surface area (Å²) in [6, 6.07) is 3.68. The number of rotatable bonds is 4. The van der Waals surface area contributed by atoms with Crippen molar-refractivity contribution in [3.8, 4) is 0 Å². The smallest absolute Gasteiger partial charge is 0.246 e. The molecular formula is C16H22Cl2N2O3S. The van der Waals surface area contributed by atoms with Crippen LogP contribution in [-0.2, 0) is 14.8 Å². The first-order chi connectivity index (χ1) is 11.1. The number of benzene rings is 1. The standard InChI is InChI=1S/C16H22Cl2N2O3S/c1-11-6-8-19(9-7-11)16(21)12(2)20(24(3,22)23)15-10-13(17)4-5-14(15)18/h4-5,10-12H,6-9H2,1-3H3/t12-/m0/s1. The van der Waals surface area contributed by atoms with E-state index in [9.17, 15) is 13.2 Å². The van der Waals surface area contributed by atoms with E-state index in [1.165, 1.54) is 12.1 Å². The SMILES string of the molecule is CC1CCN(C(=O)[C@H](C)N(c2cc(Cl)ccc2Cl)S(C)(=O)=O)CC1.